The number of likely N-dealkylation sites (tertiary alicyclic amines) is 1. The molecule has 1 aliphatic carbocycles. The molecule has 2 aliphatic rings. The van der Waals surface area contributed by atoms with E-state index in [0.717, 1.165) is 45.3 Å². The molecule has 0 aromatic heterocycles. The number of hydrogen-bond acceptors (Lipinski definition) is 4. The van der Waals surface area contributed by atoms with Crippen molar-refractivity contribution in [3.8, 4) is 0 Å². The fraction of sp³-hybridized carbons (Fsp3) is 0.407. The summed E-state index contributed by atoms with van der Waals surface area (Å²) in [5, 5.41) is 3.09. The number of nitrogens with one attached hydrogen (secondary N) is 1. The van der Waals surface area contributed by atoms with Gasteiger partial charge in [-0.15, -0.1) is 0 Å². The van der Waals surface area contributed by atoms with Gasteiger partial charge >= 0.3 is 0 Å². The molecule has 1 heterocycles. The summed E-state index contributed by atoms with van der Waals surface area (Å²) in [6.45, 7) is 6.55. The average molecular weight is 435 g/mol. The van der Waals surface area contributed by atoms with Crippen LogP contribution < -0.4 is 5.32 Å². The van der Waals surface area contributed by atoms with E-state index in [1.54, 1.807) is 38.1 Å². The van der Waals surface area contributed by atoms with Crippen LogP contribution in [-0.4, -0.2) is 48.9 Å². The normalized spacial score (nSPS) is 18.2. The number of nitrogens with zero attached hydrogens (tertiary/aromatic N) is 1. The minimum atomic E-state index is -0.102. The van der Waals surface area contributed by atoms with Gasteiger partial charge in [0.05, 0.1) is 5.76 Å². The fourth-order valence-corrected chi connectivity index (χ4v) is 3.91. The van der Waals surface area contributed by atoms with Crippen molar-refractivity contribution in [2.45, 2.75) is 45.6 Å². The van der Waals surface area contributed by atoms with Gasteiger partial charge in [-0.3, -0.25) is 14.5 Å². The van der Waals surface area contributed by atoms with Gasteiger partial charge in [0, 0.05) is 31.2 Å². The lowest BCUT2D eigenvalue weighted by atomic mass is 10.0. The van der Waals surface area contributed by atoms with Crippen LogP contribution in [0, 0.1) is 0 Å². The van der Waals surface area contributed by atoms with Gasteiger partial charge < -0.3 is 10.1 Å². The zero-order valence-corrected chi connectivity index (χ0v) is 19.2. The van der Waals surface area contributed by atoms with Gasteiger partial charge in [-0.2, -0.15) is 0 Å². The van der Waals surface area contributed by atoms with Crippen molar-refractivity contribution >= 4 is 11.7 Å². The third-order valence-corrected chi connectivity index (χ3v) is 5.82. The summed E-state index contributed by atoms with van der Waals surface area (Å²) >= 11 is 0. The maximum atomic E-state index is 12.4. The first-order chi connectivity index (χ1) is 15.5. The summed E-state index contributed by atoms with van der Waals surface area (Å²) < 4.78 is 5.57. The van der Waals surface area contributed by atoms with Crippen molar-refractivity contribution in [3.63, 3.8) is 0 Å². The molecule has 1 saturated heterocycles. The molecule has 0 bridgehead atoms. The number of ether oxygens (including phenoxy) is 1. The molecule has 1 amide bonds. The van der Waals surface area contributed by atoms with Gasteiger partial charge in [-0.1, -0.05) is 54.6 Å². The Labute approximate surface area is 191 Å². The van der Waals surface area contributed by atoms with Crippen LogP contribution in [0.15, 0.2) is 77.6 Å². The Hall–Kier alpha value is -2.92. The Balaban J connectivity index is 1.36. The van der Waals surface area contributed by atoms with Crippen LogP contribution in [0.4, 0.5) is 0 Å². The molecule has 32 heavy (non-hydrogen) atoms. The Bertz CT molecular complexity index is 904. The van der Waals surface area contributed by atoms with Gasteiger partial charge in [0.2, 0.25) is 0 Å². The second kappa shape index (κ2) is 12.2. The first-order valence-electron chi connectivity index (χ1n) is 11.5. The highest BCUT2D eigenvalue weighted by Crippen LogP contribution is 2.16. The maximum absolute atomic E-state index is 12.4. The Kier molecular flexibility index (Phi) is 9.05. The number of hydrogen-bond donors (Lipinski definition) is 1. The highest BCUT2D eigenvalue weighted by atomic mass is 16.5. The van der Waals surface area contributed by atoms with Gasteiger partial charge in [0.15, 0.2) is 12.4 Å². The lowest BCUT2D eigenvalue weighted by molar-refractivity contribution is -0.125. The third kappa shape index (κ3) is 7.65. The van der Waals surface area contributed by atoms with E-state index >= 15 is 0 Å². The van der Waals surface area contributed by atoms with Gasteiger partial charge in [-0.05, 0) is 56.8 Å². The summed E-state index contributed by atoms with van der Waals surface area (Å²) in [5.74, 6) is 0.480. The van der Waals surface area contributed by atoms with E-state index < -0.39 is 0 Å². The SMILES string of the molecule is C/C(=C\C=C(/C)C(=O)c1ccccc1)OCC(=O)NC1CCN(CC2=CCCC=C2)CC1. The van der Waals surface area contributed by atoms with Gasteiger partial charge in [-0.25, -0.2) is 0 Å². The average Bonchev–Trinajstić information content (AvgIpc) is 2.83. The van der Waals surface area contributed by atoms with E-state index in [0.29, 0.717) is 16.9 Å². The summed E-state index contributed by atoms with van der Waals surface area (Å²) in [5.41, 5.74) is 2.68. The third-order valence-electron chi connectivity index (χ3n) is 5.82. The van der Waals surface area contributed by atoms with Crippen LogP contribution in [0.2, 0.25) is 0 Å². The summed E-state index contributed by atoms with van der Waals surface area (Å²) in [6.07, 6.45) is 14.5. The number of amides is 1. The molecule has 0 unspecified atom stereocenters. The van der Waals surface area contributed by atoms with Crippen LogP contribution in [0.25, 0.3) is 0 Å². The molecule has 170 valence electrons. The Morgan fingerprint density at radius 3 is 2.53 bits per heavy atom. The standard InChI is InChI=1S/C27H34N2O3/c1-21(27(31)24-11-7-4-8-12-24)13-14-22(2)32-20-26(30)28-25-15-17-29(18-16-25)19-23-9-5-3-6-10-23/h4-5,7-14,25H,3,6,15-20H2,1-2H3,(H,28,30)/b21-13+,22-14+. The highest BCUT2D eigenvalue weighted by molar-refractivity contribution is 6.08. The zero-order chi connectivity index (χ0) is 22.8. The molecule has 1 aliphatic heterocycles. The summed E-state index contributed by atoms with van der Waals surface area (Å²) in [6, 6.07) is 9.37. The second-order valence-corrected chi connectivity index (χ2v) is 8.49. The lowest BCUT2D eigenvalue weighted by Gasteiger charge is -2.32. The molecular formula is C27H34N2O3. The van der Waals surface area contributed by atoms with Crippen LogP contribution in [0.5, 0.6) is 0 Å². The number of piperidine rings is 1. The van der Waals surface area contributed by atoms with E-state index in [9.17, 15) is 9.59 Å². The quantitative estimate of drug-likeness (QED) is 0.267. The minimum Gasteiger partial charge on any atom is -0.488 e. The molecule has 5 nitrogen and oxygen atoms in total. The number of carbonyl (C=O) groups excluding carboxylic acids is 2. The van der Waals surface area contributed by atoms with Crippen molar-refractivity contribution in [1.82, 2.24) is 10.2 Å². The minimum absolute atomic E-state index is 0.0141. The number of ketones is 1. The zero-order valence-electron chi connectivity index (χ0n) is 19.2. The molecule has 1 fully saturated rings. The summed E-state index contributed by atoms with van der Waals surface area (Å²) in [7, 11) is 0. The smallest absolute Gasteiger partial charge is 0.258 e. The first-order valence-corrected chi connectivity index (χ1v) is 11.5. The monoisotopic (exact) mass is 434 g/mol. The van der Waals surface area contributed by atoms with E-state index in [1.807, 2.05) is 18.2 Å². The second-order valence-electron chi connectivity index (χ2n) is 8.49. The fourth-order valence-electron chi connectivity index (χ4n) is 3.91. The van der Waals surface area contributed by atoms with Crippen LogP contribution in [-0.2, 0) is 9.53 Å². The number of benzene rings is 1. The van der Waals surface area contributed by atoms with Crippen LogP contribution in [0.3, 0.4) is 0 Å². The van der Waals surface area contributed by atoms with Crippen molar-refractivity contribution in [3.05, 3.63) is 83.2 Å². The number of rotatable bonds is 9. The van der Waals surface area contributed by atoms with Gasteiger partial charge in [0.25, 0.3) is 5.91 Å². The topological polar surface area (TPSA) is 58.6 Å². The predicted octanol–water partition coefficient (Wildman–Crippen LogP) is 4.59. The lowest BCUT2D eigenvalue weighted by Crippen LogP contribution is -2.45. The van der Waals surface area contributed by atoms with E-state index in [-0.39, 0.29) is 24.3 Å². The maximum Gasteiger partial charge on any atom is 0.258 e. The van der Waals surface area contributed by atoms with E-state index in [4.69, 9.17) is 4.74 Å². The van der Waals surface area contributed by atoms with Crippen LogP contribution >= 0.6 is 0 Å². The van der Waals surface area contributed by atoms with Gasteiger partial charge in [0.1, 0.15) is 0 Å². The number of allylic oxidation sites excluding steroid dienone is 6. The molecule has 1 aromatic rings. The van der Waals surface area contributed by atoms with Crippen LogP contribution in [0.1, 0.15) is 49.9 Å². The molecule has 5 heteroatoms. The molecule has 0 atom stereocenters. The van der Waals surface area contributed by atoms with Crippen molar-refractivity contribution in [1.29, 1.82) is 0 Å². The van der Waals surface area contributed by atoms with Crippen molar-refractivity contribution in [2.75, 3.05) is 26.2 Å². The molecule has 1 N–H and O–H groups in total. The molecular weight excluding hydrogens is 400 g/mol. The molecule has 1 aromatic carbocycles. The first kappa shape index (κ1) is 23.7. The van der Waals surface area contributed by atoms with Crippen molar-refractivity contribution < 1.29 is 14.3 Å². The summed E-state index contributed by atoms with van der Waals surface area (Å²) in [4.78, 5) is 27.1. The van der Waals surface area contributed by atoms with E-state index in [2.05, 4.69) is 28.4 Å². The molecule has 0 spiro atoms. The highest BCUT2D eigenvalue weighted by Gasteiger charge is 2.21. The molecule has 3 rings (SSSR count). The van der Waals surface area contributed by atoms with Crippen molar-refractivity contribution in [2.24, 2.45) is 0 Å². The largest absolute Gasteiger partial charge is 0.488 e. The van der Waals surface area contributed by atoms with E-state index in [1.165, 1.54) is 5.57 Å². The number of Topliss-reactive ketones (excluding diaryl/α,β-unsaturated/α-hetero) is 1. The number of carbonyl (C=O) groups is 2. The molecule has 0 saturated carbocycles. The Morgan fingerprint density at radius 2 is 1.84 bits per heavy atom. The Morgan fingerprint density at radius 1 is 1.09 bits per heavy atom. The molecule has 0 radical (unpaired) electrons. The predicted molar refractivity (Wildman–Crippen MR) is 128 cm³/mol.